The summed E-state index contributed by atoms with van der Waals surface area (Å²) in [5, 5.41) is 5.47. The van der Waals surface area contributed by atoms with E-state index < -0.39 is 0 Å². The van der Waals surface area contributed by atoms with Crippen LogP contribution in [0.15, 0.2) is 41.7 Å². The summed E-state index contributed by atoms with van der Waals surface area (Å²) in [6, 6.07) is 8.16. The molecular formula is C13H8N2O. The van der Waals surface area contributed by atoms with Crippen LogP contribution >= 0.6 is 0 Å². The number of nitrogens with zero attached hydrogens (tertiary/aromatic N) is 1. The third kappa shape index (κ3) is 0.852. The molecule has 0 atom stereocenters. The standard InChI is InChI=1S/C13H8N2O/c1-2-9-12-8(7-15-10(12)3-1)6-11-13(9)16-5-4-14-11/h1-7,14H. The highest BCUT2D eigenvalue weighted by molar-refractivity contribution is 6.14. The monoisotopic (exact) mass is 208 g/mol. The van der Waals surface area contributed by atoms with Gasteiger partial charge in [0.05, 0.1) is 11.4 Å². The van der Waals surface area contributed by atoms with Crippen molar-refractivity contribution in [3.8, 4) is 5.75 Å². The molecule has 0 aliphatic carbocycles. The van der Waals surface area contributed by atoms with E-state index in [9.17, 15) is 0 Å². The van der Waals surface area contributed by atoms with Crippen LogP contribution in [0.25, 0.3) is 10.8 Å². The molecule has 2 heterocycles. The van der Waals surface area contributed by atoms with Crippen molar-refractivity contribution in [3.05, 3.63) is 42.3 Å². The van der Waals surface area contributed by atoms with E-state index in [1.807, 2.05) is 18.3 Å². The topological polar surface area (TPSA) is 33.6 Å². The molecule has 0 radical (unpaired) electrons. The first-order valence-electron chi connectivity index (χ1n) is 5.15. The number of aliphatic imine (C=N–C) groups is 1. The van der Waals surface area contributed by atoms with E-state index in [1.54, 1.807) is 12.5 Å². The molecule has 0 spiro atoms. The Morgan fingerprint density at radius 3 is 3.25 bits per heavy atom. The lowest BCUT2D eigenvalue weighted by molar-refractivity contribution is 0.483. The van der Waals surface area contributed by atoms with Gasteiger partial charge in [-0.05, 0) is 12.1 Å². The molecule has 76 valence electrons. The van der Waals surface area contributed by atoms with Gasteiger partial charge in [-0.3, -0.25) is 4.99 Å². The van der Waals surface area contributed by atoms with E-state index in [1.165, 1.54) is 5.39 Å². The van der Waals surface area contributed by atoms with Crippen LogP contribution in [-0.2, 0) is 0 Å². The minimum Gasteiger partial charge on any atom is -0.461 e. The normalized spacial score (nSPS) is 14.8. The summed E-state index contributed by atoms with van der Waals surface area (Å²) in [4.78, 5) is 4.39. The maximum atomic E-state index is 5.58. The first-order valence-corrected chi connectivity index (χ1v) is 5.15. The van der Waals surface area contributed by atoms with Gasteiger partial charge in [0, 0.05) is 28.8 Å². The van der Waals surface area contributed by atoms with E-state index in [0.29, 0.717) is 0 Å². The molecule has 0 bridgehead atoms. The summed E-state index contributed by atoms with van der Waals surface area (Å²) in [5.74, 6) is 0.883. The smallest absolute Gasteiger partial charge is 0.157 e. The van der Waals surface area contributed by atoms with Gasteiger partial charge in [0.15, 0.2) is 5.75 Å². The summed E-state index contributed by atoms with van der Waals surface area (Å²) in [6.07, 6.45) is 5.35. The molecule has 3 heteroatoms. The first-order chi connectivity index (χ1) is 7.93. The van der Waals surface area contributed by atoms with Gasteiger partial charge in [-0.15, -0.1) is 0 Å². The highest BCUT2D eigenvalue weighted by atomic mass is 16.5. The third-order valence-electron chi connectivity index (χ3n) is 2.96. The van der Waals surface area contributed by atoms with Crippen molar-refractivity contribution in [2.75, 3.05) is 5.32 Å². The summed E-state index contributed by atoms with van der Waals surface area (Å²) in [5.41, 5.74) is 3.17. The number of hydrogen-bond donors (Lipinski definition) is 1. The molecule has 0 unspecified atom stereocenters. The molecule has 0 saturated heterocycles. The maximum absolute atomic E-state index is 5.58. The minimum atomic E-state index is 0.883. The molecule has 4 rings (SSSR count). The summed E-state index contributed by atoms with van der Waals surface area (Å²) < 4.78 is 5.58. The van der Waals surface area contributed by atoms with Crippen molar-refractivity contribution in [2.24, 2.45) is 4.99 Å². The van der Waals surface area contributed by atoms with Crippen LogP contribution < -0.4 is 10.1 Å². The zero-order valence-corrected chi connectivity index (χ0v) is 8.40. The van der Waals surface area contributed by atoms with Gasteiger partial charge in [0.1, 0.15) is 6.26 Å². The number of nitrogens with one attached hydrogen (secondary N) is 1. The summed E-state index contributed by atoms with van der Waals surface area (Å²) in [7, 11) is 0. The molecular weight excluding hydrogens is 200 g/mol. The second-order valence-corrected chi connectivity index (χ2v) is 3.87. The van der Waals surface area contributed by atoms with Crippen molar-refractivity contribution >= 4 is 28.4 Å². The highest BCUT2D eigenvalue weighted by Crippen LogP contribution is 2.43. The lowest BCUT2D eigenvalue weighted by Gasteiger charge is -2.16. The Morgan fingerprint density at radius 1 is 1.25 bits per heavy atom. The Labute approximate surface area is 92.1 Å². The van der Waals surface area contributed by atoms with Gasteiger partial charge in [-0.25, -0.2) is 0 Å². The number of ether oxygens (including phenoxy) is 1. The number of anilines is 1. The second-order valence-electron chi connectivity index (χ2n) is 3.87. The summed E-state index contributed by atoms with van der Waals surface area (Å²) >= 11 is 0. The summed E-state index contributed by atoms with van der Waals surface area (Å²) in [6.45, 7) is 0. The van der Waals surface area contributed by atoms with Gasteiger partial charge in [-0.1, -0.05) is 12.1 Å². The number of fused-ring (bicyclic) bond motifs is 2. The van der Waals surface area contributed by atoms with E-state index in [2.05, 4.69) is 22.4 Å². The maximum Gasteiger partial charge on any atom is 0.157 e. The Balaban J connectivity index is 2.21. The zero-order valence-electron chi connectivity index (χ0n) is 8.40. The average Bonchev–Trinajstić information content (AvgIpc) is 2.75. The molecule has 0 aromatic heterocycles. The number of benzene rings is 2. The molecule has 2 aliphatic rings. The molecule has 2 aromatic carbocycles. The minimum absolute atomic E-state index is 0.883. The van der Waals surface area contributed by atoms with Gasteiger partial charge < -0.3 is 10.1 Å². The van der Waals surface area contributed by atoms with Crippen LogP contribution in [0.2, 0.25) is 0 Å². The van der Waals surface area contributed by atoms with Crippen LogP contribution in [0.5, 0.6) is 5.75 Å². The van der Waals surface area contributed by atoms with Gasteiger partial charge in [-0.2, -0.15) is 0 Å². The molecule has 1 N–H and O–H groups in total. The Morgan fingerprint density at radius 2 is 2.25 bits per heavy atom. The van der Waals surface area contributed by atoms with Crippen molar-refractivity contribution in [1.82, 2.24) is 0 Å². The predicted octanol–water partition coefficient (Wildman–Crippen LogP) is 3.18. The Bertz CT molecular complexity index is 671. The number of hydrogen-bond acceptors (Lipinski definition) is 3. The lowest BCUT2D eigenvalue weighted by Crippen LogP contribution is -2.00. The van der Waals surface area contributed by atoms with Crippen LogP contribution in [0, 0.1) is 0 Å². The van der Waals surface area contributed by atoms with Gasteiger partial charge >= 0.3 is 0 Å². The van der Waals surface area contributed by atoms with Crippen LogP contribution in [0.4, 0.5) is 11.4 Å². The SMILES string of the molecule is C1=COc2c(cc3c4c(cccc24)N=C3)N1. The molecule has 2 aliphatic heterocycles. The van der Waals surface area contributed by atoms with Crippen molar-refractivity contribution in [3.63, 3.8) is 0 Å². The first kappa shape index (κ1) is 7.93. The van der Waals surface area contributed by atoms with Crippen LogP contribution in [0.3, 0.4) is 0 Å². The van der Waals surface area contributed by atoms with E-state index in [-0.39, 0.29) is 0 Å². The largest absolute Gasteiger partial charge is 0.461 e. The molecule has 0 fully saturated rings. The van der Waals surface area contributed by atoms with Crippen molar-refractivity contribution in [2.45, 2.75) is 0 Å². The third-order valence-corrected chi connectivity index (χ3v) is 2.96. The number of rotatable bonds is 0. The zero-order chi connectivity index (χ0) is 10.5. The fourth-order valence-electron chi connectivity index (χ4n) is 2.28. The average molecular weight is 208 g/mol. The van der Waals surface area contributed by atoms with Crippen LogP contribution in [0.1, 0.15) is 5.56 Å². The molecule has 3 nitrogen and oxygen atoms in total. The molecule has 2 aromatic rings. The second kappa shape index (κ2) is 2.64. The highest BCUT2D eigenvalue weighted by Gasteiger charge is 2.18. The predicted molar refractivity (Wildman–Crippen MR) is 64.6 cm³/mol. The fraction of sp³-hybridized carbons (Fsp3) is 0. The molecule has 0 amide bonds. The molecule has 0 saturated carbocycles. The van der Waals surface area contributed by atoms with Crippen molar-refractivity contribution in [1.29, 1.82) is 0 Å². The van der Waals surface area contributed by atoms with E-state index in [0.717, 1.165) is 28.1 Å². The van der Waals surface area contributed by atoms with Crippen molar-refractivity contribution < 1.29 is 4.74 Å². The quantitative estimate of drug-likeness (QED) is 0.615. The van der Waals surface area contributed by atoms with E-state index >= 15 is 0 Å². The fourth-order valence-corrected chi connectivity index (χ4v) is 2.28. The Hall–Kier alpha value is -2.29. The lowest BCUT2D eigenvalue weighted by atomic mass is 10.0. The van der Waals surface area contributed by atoms with E-state index in [4.69, 9.17) is 4.74 Å². The molecule has 16 heavy (non-hydrogen) atoms. The van der Waals surface area contributed by atoms with Crippen LogP contribution in [-0.4, -0.2) is 6.21 Å². The van der Waals surface area contributed by atoms with Gasteiger partial charge in [0.2, 0.25) is 0 Å². The Kier molecular flexibility index (Phi) is 1.31. The van der Waals surface area contributed by atoms with Gasteiger partial charge in [0.25, 0.3) is 0 Å².